The van der Waals surface area contributed by atoms with Crippen molar-refractivity contribution in [2.75, 3.05) is 19.8 Å². The Hall–Kier alpha value is -2.93. The van der Waals surface area contributed by atoms with Crippen molar-refractivity contribution < 1.29 is 14.6 Å². The van der Waals surface area contributed by atoms with E-state index >= 15 is 0 Å². The van der Waals surface area contributed by atoms with Gasteiger partial charge in [-0.15, -0.1) is 0 Å². The minimum absolute atomic E-state index is 0.380. The van der Waals surface area contributed by atoms with Crippen LogP contribution in [0, 0.1) is 0 Å². The van der Waals surface area contributed by atoms with Crippen molar-refractivity contribution in [2.24, 2.45) is 0 Å². The second-order valence-electron chi connectivity index (χ2n) is 7.45. The van der Waals surface area contributed by atoms with Crippen molar-refractivity contribution in [1.29, 1.82) is 0 Å². The Bertz CT molecular complexity index is 1170. The highest BCUT2D eigenvalue weighted by Crippen LogP contribution is 2.34. The number of nitrogens with zero attached hydrogens (tertiary/aromatic N) is 3. The van der Waals surface area contributed by atoms with E-state index in [1.54, 1.807) is 0 Å². The van der Waals surface area contributed by atoms with E-state index in [9.17, 15) is 5.11 Å². The third-order valence-corrected chi connectivity index (χ3v) is 5.59. The summed E-state index contributed by atoms with van der Waals surface area (Å²) in [6.45, 7) is 1.20. The summed E-state index contributed by atoms with van der Waals surface area (Å²) >= 11 is 6.43. The van der Waals surface area contributed by atoms with Crippen LogP contribution in [0.15, 0.2) is 67.1 Å². The molecule has 1 aliphatic heterocycles. The normalized spacial score (nSPS) is 15.1. The van der Waals surface area contributed by atoms with E-state index in [1.165, 1.54) is 6.33 Å². The van der Waals surface area contributed by atoms with Crippen LogP contribution in [0.1, 0.15) is 6.42 Å². The molecule has 30 heavy (non-hydrogen) atoms. The van der Waals surface area contributed by atoms with Gasteiger partial charge in [-0.25, -0.2) is 9.97 Å². The van der Waals surface area contributed by atoms with Crippen molar-refractivity contribution in [3.05, 3.63) is 72.3 Å². The number of rotatable bonds is 6. The number of aromatic nitrogens is 3. The first-order chi connectivity index (χ1) is 14.6. The Morgan fingerprint density at radius 3 is 2.53 bits per heavy atom. The number of fused-ring (bicyclic) bond motifs is 1. The molecule has 0 spiro atoms. The third kappa shape index (κ3) is 3.54. The largest absolute Gasteiger partial charge is 0.493 e. The lowest BCUT2D eigenvalue weighted by molar-refractivity contribution is -0.184. The van der Waals surface area contributed by atoms with Gasteiger partial charge in [0.25, 0.3) is 0 Å². The molecule has 0 radical (unpaired) electrons. The van der Waals surface area contributed by atoms with Crippen LogP contribution in [0.2, 0.25) is 5.15 Å². The van der Waals surface area contributed by atoms with Gasteiger partial charge in [0.1, 0.15) is 28.7 Å². The maximum Gasteiger partial charge on any atom is 0.157 e. The van der Waals surface area contributed by atoms with Gasteiger partial charge in [0.15, 0.2) is 5.15 Å². The number of halogens is 1. The smallest absolute Gasteiger partial charge is 0.157 e. The molecule has 4 aromatic rings. The number of ether oxygens (including phenoxy) is 2. The van der Waals surface area contributed by atoms with Crippen LogP contribution in [0.5, 0.6) is 5.75 Å². The van der Waals surface area contributed by atoms with Crippen molar-refractivity contribution in [2.45, 2.75) is 12.0 Å². The summed E-state index contributed by atoms with van der Waals surface area (Å²) in [7, 11) is 0. The fourth-order valence-corrected chi connectivity index (χ4v) is 3.82. The maximum atomic E-state index is 10.1. The molecule has 1 aliphatic rings. The molecule has 6 nitrogen and oxygen atoms in total. The summed E-state index contributed by atoms with van der Waals surface area (Å²) in [5.41, 5.74) is 3.78. The monoisotopic (exact) mass is 421 g/mol. The molecule has 0 bridgehead atoms. The first-order valence-electron chi connectivity index (χ1n) is 9.73. The lowest BCUT2D eigenvalue weighted by Gasteiger charge is -2.36. The highest BCUT2D eigenvalue weighted by atomic mass is 35.5. The van der Waals surface area contributed by atoms with E-state index in [-0.39, 0.29) is 0 Å². The number of aliphatic hydroxyl groups is 1. The van der Waals surface area contributed by atoms with Gasteiger partial charge in [-0.3, -0.25) is 0 Å². The van der Waals surface area contributed by atoms with Gasteiger partial charge < -0.3 is 19.1 Å². The summed E-state index contributed by atoms with van der Waals surface area (Å²) in [5.74, 6) is 0.752. The Kier molecular flexibility index (Phi) is 4.90. The predicted molar refractivity (Wildman–Crippen MR) is 115 cm³/mol. The minimum atomic E-state index is -0.738. The van der Waals surface area contributed by atoms with E-state index in [0.29, 0.717) is 31.4 Å². The molecule has 1 saturated heterocycles. The Balaban J connectivity index is 1.44. The highest BCUT2D eigenvalue weighted by molar-refractivity contribution is 6.34. The summed E-state index contributed by atoms with van der Waals surface area (Å²) < 4.78 is 12.9. The Morgan fingerprint density at radius 2 is 1.83 bits per heavy atom. The summed E-state index contributed by atoms with van der Waals surface area (Å²) in [5, 5.41) is 10.5. The van der Waals surface area contributed by atoms with Crippen molar-refractivity contribution >= 4 is 22.6 Å². The molecule has 7 heteroatoms. The van der Waals surface area contributed by atoms with Crippen molar-refractivity contribution in [1.82, 2.24) is 14.5 Å². The topological polar surface area (TPSA) is 69.4 Å². The van der Waals surface area contributed by atoms with E-state index in [1.807, 2.05) is 65.4 Å². The third-order valence-electron chi connectivity index (χ3n) is 5.31. The molecule has 1 N–H and O–H groups in total. The second-order valence-corrected chi connectivity index (χ2v) is 7.81. The SMILES string of the molecule is OC1(CCOc2ccc(-c3cn(-c4ccccc4)c4c(Cl)ncnc34)cc2)COC1. The number of hydrogen-bond donors (Lipinski definition) is 1. The van der Waals surface area contributed by atoms with Crippen LogP contribution >= 0.6 is 11.6 Å². The molecule has 0 unspecified atom stereocenters. The van der Waals surface area contributed by atoms with Gasteiger partial charge in [0.2, 0.25) is 0 Å². The van der Waals surface area contributed by atoms with Gasteiger partial charge in [0.05, 0.1) is 19.8 Å². The molecule has 2 aromatic carbocycles. The molecule has 152 valence electrons. The van der Waals surface area contributed by atoms with Crippen LogP contribution < -0.4 is 4.74 Å². The standard InChI is InChI=1S/C23H20ClN3O3/c24-22-21-20(25-15-26-22)19(12-27(21)17-4-2-1-3-5-17)16-6-8-18(9-7-16)30-11-10-23(28)13-29-14-23/h1-9,12,15,28H,10-11,13-14H2. The number of para-hydroxylation sites is 1. The van der Waals surface area contributed by atoms with Gasteiger partial charge in [-0.1, -0.05) is 41.9 Å². The fourth-order valence-electron chi connectivity index (χ4n) is 3.60. The average molecular weight is 422 g/mol. The lowest BCUT2D eigenvalue weighted by atomic mass is 9.99. The molecule has 5 rings (SSSR count). The zero-order valence-corrected chi connectivity index (χ0v) is 16.9. The maximum absolute atomic E-state index is 10.1. The summed E-state index contributed by atoms with van der Waals surface area (Å²) in [4.78, 5) is 8.66. The van der Waals surface area contributed by atoms with E-state index in [4.69, 9.17) is 21.1 Å². The number of benzene rings is 2. The van der Waals surface area contributed by atoms with Gasteiger partial charge in [-0.05, 0) is 29.8 Å². The Morgan fingerprint density at radius 1 is 1.07 bits per heavy atom. The van der Waals surface area contributed by atoms with Gasteiger partial charge in [0, 0.05) is 23.9 Å². The zero-order chi connectivity index (χ0) is 20.6. The molecule has 0 aliphatic carbocycles. The molecule has 2 aromatic heterocycles. The molecule has 1 fully saturated rings. The zero-order valence-electron chi connectivity index (χ0n) is 16.2. The van der Waals surface area contributed by atoms with E-state index in [0.717, 1.165) is 33.6 Å². The summed E-state index contributed by atoms with van der Waals surface area (Å²) in [6, 6.07) is 17.8. The van der Waals surface area contributed by atoms with E-state index in [2.05, 4.69) is 9.97 Å². The second kappa shape index (κ2) is 7.72. The number of hydrogen-bond acceptors (Lipinski definition) is 5. The molecule has 0 amide bonds. The van der Waals surface area contributed by atoms with Gasteiger partial charge >= 0.3 is 0 Å². The van der Waals surface area contributed by atoms with Crippen molar-refractivity contribution in [3.8, 4) is 22.6 Å². The molecular formula is C23H20ClN3O3. The molecule has 3 heterocycles. The fraction of sp³-hybridized carbons (Fsp3) is 0.217. The first kappa shape index (κ1) is 19.1. The van der Waals surface area contributed by atoms with Crippen LogP contribution in [-0.2, 0) is 4.74 Å². The summed E-state index contributed by atoms with van der Waals surface area (Å²) in [6.07, 6.45) is 4.06. The quantitative estimate of drug-likeness (QED) is 0.471. The average Bonchev–Trinajstić information content (AvgIpc) is 3.15. The first-order valence-corrected chi connectivity index (χ1v) is 10.1. The lowest BCUT2D eigenvalue weighted by Crippen LogP contribution is -2.50. The van der Waals surface area contributed by atoms with E-state index < -0.39 is 5.60 Å². The van der Waals surface area contributed by atoms with Crippen LogP contribution in [-0.4, -0.2) is 45.1 Å². The predicted octanol–water partition coefficient (Wildman–Crippen LogP) is 4.27. The highest BCUT2D eigenvalue weighted by Gasteiger charge is 2.35. The Labute approximate surface area is 178 Å². The minimum Gasteiger partial charge on any atom is -0.493 e. The van der Waals surface area contributed by atoms with Gasteiger partial charge in [-0.2, -0.15) is 0 Å². The van der Waals surface area contributed by atoms with Crippen LogP contribution in [0.3, 0.4) is 0 Å². The van der Waals surface area contributed by atoms with Crippen LogP contribution in [0.4, 0.5) is 0 Å². The van der Waals surface area contributed by atoms with Crippen LogP contribution in [0.25, 0.3) is 27.8 Å². The van der Waals surface area contributed by atoms with Crippen molar-refractivity contribution in [3.63, 3.8) is 0 Å². The molecule has 0 atom stereocenters. The molecular weight excluding hydrogens is 402 g/mol. The molecule has 0 saturated carbocycles.